The Hall–Kier alpha value is 0.0938. The summed E-state index contributed by atoms with van der Waals surface area (Å²) in [6.07, 6.45) is 16.1. The van der Waals surface area contributed by atoms with Gasteiger partial charge >= 0.3 is 0 Å². The van der Waals surface area contributed by atoms with Crippen LogP contribution in [0.3, 0.4) is 0 Å². The largest absolute Gasteiger partial charge is 0.415 e. The highest BCUT2D eigenvalue weighted by Crippen LogP contribution is 2.33. The number of allylic oxidation sites excluding steroid dienone is 2. The van der Waals surface area contributed by atoms with E-state index < -0.39 is 16.6 Å². The van der Waals surface area contributed by atoms with E-state index >= 15 is 0 Å². The first-order valence-corrected chi connectivity index (χ1v) is 17.9. The van der Waals surface area contributed by atoms with E-state index in [9.17, 15) is 0 Å². The van der Waals surface area contributed by atoms with Crippen molar-refractivity contribution < 1.29 is 8.85 Å². The summed E-state index contributed by atoms with van der Waals surface area (Å²) < 4.78 is 12.9. The average Bonchev–Trinajstić information content (AvgIpc) is 3.03. The second-order valence-electron chi connectivity index (χ2n) is 10.1. The van der Waals surface area contributed by atoms with Gasteiger partial charge in [0.2, 0.25) is 0 Å². The van der Waals surface area contributed by atoms with Crippen molar-refractivity contribution in [1.82, 2.24) is 0 Å². The van der Waals surface area contributed by atoms with Crippen molar-refractivity contribution in [1.29, 1.82) is 0 Å². The smallest absolute Gasteiger partial charge is 0.184 e. The van der Waals surface area contributed by atoms with Crippen molar-refractivity contribution in [2.45, 2.75) is 117 Å². The van der Waals surface area contributed by atoms with Gasteiger partial charge in [-0.3, -0.25) is 0 Å². The fraction of sp³-hybridized carbons (Fsp3) is 0.909. The maximum absolute atomic E-state index is 6.58. The molecule has 0 heterocycles. The predicted molar refractivity (Wildman–Crippen MR) is 121 cm³/mol. The van der Waals surface area contributed by atoms with Crippen LogP contribution in [-0.4, -0.2) is 29.3 Å². The molecule has 0 saturated carbocycles. The molecule has 0 aromatic rings. The zero-order valence-corrected chi connectivity index (χ0v) is 20.8. The van der Waals surface area contributed by atoms with Crippen LogP contribution in [0.4, 0.5) is 0 Å². The normalized spacial score (nSPS) is 18.0. The molecule has 1 rings (SSSR count). The summed E-state index contributed by atoms with van der Waals surface area (Å²) in [4.78, 5) is 0. The number of unbranched alkanes of at least 4 members (excludes halogenated alkanes) is 4. The molecule has 2 unspecified atom stereocenters. The van der Waals surface area contributed by atoms with Crippen molar-refractivity contribution >= 4 is 16.6 Å². The molecule has 4 heteroatoms. The Morgan fingerprint density at radius 1 is 0.962 bits per heavy atom. The van der Waals surface area contributed by atoms with Gasteiger partial charge in [0, 0.05) is 0 Å². The first-order chi connectivity index (χ1) is 12.1. The first-order valence-electron chi connectivity index (χ1n) is 11.1. The fourth-order valence-electron chi connectivity index (χ4n) is 3.83. The Morgan fingerprint density at radius 3 is 2.19 bits per heavy atom. The third-order valence-corrected chi connectivity index (χ3v) is 7.10. The Morgan fingerprint density at radius 2 is 1.65 bits per heavy atom. The summed E-state index contributed by atoms with van der Waals surface area (Å²) in [6, 6.07) is 0. The van der Waals surface area contributed by atoms with Crippen LogP contribution in [0, 0.1) is 5.92 Å². The van der Waals surface area contributed by atoms with Gasteiger partial charge in [0.1, 0.15) is 0 Å². The minimum atomic E-state index is -1.56. The van der Waals surface area contributed by atoms with E-state index in [1.807, 2.05) is 0 Å². The Balaban J connectivity index is 2.67. The SMILES string of the molecule is CCCCCCCC(CC(CO[Si](C)(C)C)O[Si](C)(C)C)C1=CCCC1. The number of rotatable bonds is 14. The Bertz CT molecular complexity index is 407. The molecule has 0 bridgehead atoms. The zero-order valence-electron chi connectivity index (χ0n) is 18.8. The second kappa shape index (κ2) is 11.8. The summed E-state index contributed by atoms with van der Waals surface area (Å²) in [6.45, 7) is 16.9. The third kappa shape index (κ3) is 11.7. The molecule has 0 aliphatic heterocycles. The topological polar surface area (TPSA) is 18.5 Å². The maximum Gasteiger partial charge on any atom is 0.184 e. The molecule has 0 aromatic heterocycles. The Labute approximate surface area is 166 Å². The van der Waals surface area contributed by atoms with E-state index in [4.69, 9.17) is 8.85 Å². The van der Waals surface area contributed by atoms with Gasteiger partial charge in [-0.05, 0) is 77.3 Å². The van der Waals surface area contributed by atoms with Crippen molar-refractivity contribution in [3.8, 4) is 0 Å². The summed E-state index contributed by atoms with van der Waals surface area (Å²) in [5, 5.41) is 0. The molecule has 1 aliphatic carbocycles. The summed E-state index contributed by atoms with van der Waals surface area (Å²) in [7, 11) is -3.05. The van der Waals surface area contributed by atoms with Crippen LogP contribution < -0.4 is 0 Å². The van der Waals surface area contributed by atoms with Gasteiger partial charge < -0.3 is 8.85 Å². The lowest BCUT2D eigenvalue weighted by atomic mass is 9.87. The summed E-state index contributed by atoms with van der Waals surface area (Å²) in [5.74, 6) is 0.714. The first kappa shape index (κ1) is 24.1. The molecule has 0 spiro atoms. The van der Waals surface area contributed by atoms with Crippen LogP contribution >= 0.6 is 0 Å². The van der Waals surface area contributed by atoms with Gasteiger partial charge in [-0.2, -0.15) is 0 Å². The van der Waals surface area contributed by atoms with Crippen molar-refractivity contribution in [2.24, 2.45) is 5.92 Å². The maximum atomic E-state index is 6.58. The molecule has 26 heavy (non-hydrogen) atoms. The van der Waals surface area contributed by atoms with Gasteiger partial charge in [-0.25, -0.2) is 0 Å². The molecule has 0 N–H and O–H groups in total. The number of hydrogen-bond acceptors (Lipinski definition) is 2. The van der Waals surface area contributed by atoms with E-state index in [2.05, 4.69) is 52.3 Å². The fourth-order valence-corrected chi connectivity index (χ4v) is 5.68. The van der Waals surface area contributed by atoms with Crippen LogP contribution in [0.15, 0.2) is 11.6 Å². The molecule has 0 aromatic carbocycles. The molecular weight excluding hydrogens is 352 g/mol. The summed E-state index contributed by atoms with van der Waals surface area (Å²) in [5.41, 5.74) is 1.72. The van der Waals surface area contributed by atoms with Crippen LogP contribution in [0.5, 0.6) is 0 Å². The van der Waals surface area contributed by atoms with Crippen LogP contribution in [-0.2, 0) is 8.85 Å². The molecule has 2 nitrogen and oxygen atoms in total. The van der Waals surface area contributed by atoms with Gasteiger partial charge in [-0.1, -0.05) is 50.7 Å². The predicted octanol–water partition coefficient (Wildman–Crippen LogP) is 7.54. The lowest BCUT2D eigenvalue weighted by molar-refractivity contribution is 0.0986. The lowest BCUT2D eigenvalue weighted by Gasteiger charge is -2.32. The average molecular weight is 399 g/mol. The van der Waals surface area contributed by atoms with E-state index in [-0.39, 0.29) is 6.10 Å². The minimum absolute atomic E-state index is 0.274. The molecule has 2 atom stereocenters. The van der Waals surface area contributed by atoms with E-state index in [1.54, 1.807) is 5.57 Å². The highest BCUT2D eigenvalue weighted by atomic mass is 28.4. The van der Waals surface area contributed by atoms with E-state index in [0.29, 0.717) is 5.92 Å². The second-order valence-corrected chi connectivity index (χ2v) is 19.1. The molecular formula is C22H46O2Si2. The Kier molecular flexibility index (Phi) is 11.0. The quantitative estimate of drug-likeness (QED) is 0.171. The number of hydrogen-bond donors (Lipinski definition) is 0. The van der Waals surface area contributed by atoms with Crippen molar-refractivity contribution in [2.75, 3.05) is 6.61 Å². The zero-order chi connectivity index (χ0) is 19.6. The molecule has 0 amide bonds. The van der Waals surface area contributed by atoms with E-state index in [0.717, 1.165) is 13.0 Å². The molecule has 0 saturated heterocycles. The van der Waals surface area contributed by atoms with Gasteiger partial charge in [0.25, 0.3) is 0 Å². The highest BCUT2D eigenvalue weighted by Gasteiger charge is 2.28. The van der Waals surface area contributed by atoms with Crippen LogP contribution in [0.2, 0.25) is 39.3 Å². The third-order valence-electron chi connectivity index (χ3n) is 5.03. The van der Waals surface area contributed by atoms with Gasteiger partial charge in [0.05, 0.1) is 12.7 Å². The standard InChI is InChI=1S/C22H46O2Si2/c1-8-9-10-11-12-17-21(20-15-13-14-16-20)18-22(24-26(5,6)7)19-23-25(2,3)4/h15,21-22H,8-14,16-19H2,1-7H3. The monoisotopic (exact) mass is 398 g/mol. The van der Waals surface area contributed by atoms with Gasteiger partial charge in [0.15, 0.2) is 16.6 Å². The van der Waals surface area contributed by atoms with Crippen molar-refractivity contribution in [3.63, 3.8) is 0 Å². The molecule has 1 aliphatic rings. The van der Waals surface area contributed by atoms with Gasteiger partial charge in [-0.15, -0.1) is 0 Å². The lowest BCUT2D eigenvalue weighted by Crippen LogP contribution is -2.39. The highest BCUT2D eigenvalue weighted by molar-refractivity contribution is 6.70. The molecule has 0 radical (unpaired) electrons. The van der Waals surface area contributed by atoms with E-state index in [1.165, 1.54) is 57.8 Å². The molecule has 0 fully saturated rings. The van der Waals surface area contributed by atoms with Crippen LogP contribution in [0.25, 0.3) is 0 Å². The summed E-state index contributed by atoms with van der Waals surface area (Å²) >= 11 is 0. The molecule has 154 valence electrons. The minimum Gasteiger partial charge on any atom is -0.415 e. The van der Waals surface area contributed by atoms with Crippen LogP contribution in [0.1, 0.15) is 71.1 Å². The van der Waals surface area contributed by atoms with Crippen molar-refractivity contribution in [3.05, 3.63) is 11.6 Å².